The van der Waals surface area contributed by atoms with Crippen LogP contribution in [0.25, 0.3) is 20.9 Å². The van der Waals surface area contributed by atoms with Crippen LogP contribution >= 0.6 is 23.1 Å². The highest BCUT2D eigenvalue weighted by atomic mass is 32.2. The lowest BCUT2D eigenvalue weighted by Gasteiger charge is -2.05. The van der Waals surface area contributed by atoms with Crippen LogP contribution in [0.2, 0.25) is 0 Å². The molecule has 0 radical (unpaired) electrons. The maximum absolute atomic E-state index is 13.4. The van der Waals surface area contributed by atoms with Crippen LogP contribution in [0.1, 0.15) is 18.2 Å². The molecular formula is C14H10F6N4S2. The Kier molecular flexibility index (Phi) is 4.67. The predicted octanol–water partition coefficient (Wildman–Crippen LogP) is 5.24. The van der Waals surface area contributed by atoms with Crippen molar-refractivity contribution in [1.82, 2.24) is 19.7 Å². The van der Waals surface area contributed by atoms with Crippen LogP contribution < -0.4 is 0 Å². The molecule has 0 bridgehead atoms. The summed E-state index contributed by atoms with van der Waals surface area (Å²) in [5.74, 6) is 0.491. The Bertz CT molecular complexity index is 957. The number of alkyl halides is 6. The van der Waals surface area contributed by atoms with Crippen molar-refractivity contribution in [1.29, 1.82) is 0 Å². The molecule has 3 aromatic rings. The molecule has 0 amide bonds. The van der Waals surface area contributed by atoms with Crippen LogP contribution in [0.4, 0.5) is 26.3 Å². The topological polar surface area (TPSA) is 43.6 Å². The van der Waals surface area contributed by atoms with Gasteiger partial charge in [0.1, 0.15) is 20.4 Å². The van der Waals surface area contributed by atoms with Crippen LogP contribution in [0.15, 0.2) is 17.3 Å². The number of rotatable bonds is 3. The largest absolute Gasteiger partial charge is 0.435 e. The van der Waals surface area contributed by atoms with Gasteiger partial charge in [-0.25, -0.2) is 9.97 Å². The lowest BCUT2D eigenvalue weighted by Crippen LogP contribution is -2.08. The van der Waals surface area contributed by atoms with E-state index in [1.165, 1.54) is 7.05 Å². The molecule has 12 heteroatoms. The summed E-state index contributed by atoms with van der Waals surface area (Å²) in [7, 11) is 1.38. The van der Waals surface area contributed by atoms with E-state index in [1.54, 1.807) is 6.92 Å². The van der Waals surface area contributed by atoms with Gasteiger partial charge in [-0.3, -0.25) is 4.68 Å². The number of hydrogen-bond donors (Lipinski definition) is 0. The number of thiazole rings is 1. The minimum atomic E-state index is -4.72. The van der Waals surface area contributed by atoms with Gasteiger partial charge in [-0.2, -0.15) is 31.4 Å². The average molecular weight is 412 g/mol. The first-order valence-electron chi connectivity index (χ1n) is 7.13. The van der Waals surface area contributed by atoms with Gasteiger partial charge >= 0.3 is 12.4 Å². The minimum Gasteiger partial charge on any atom is -0.261 e. The quantitative estimate of drug-likeness (QED) is 0.436. The fraction of sp³-hybridized carbons (Fsp3) is 0.357. The monoisotopic (exact) mass is 412 g/mol. The third-order valence-corrected chi connectivity index (χ3v) is 5.36. The van der Waals surface area contributed by atoms with Crippen molar-refractivity contribution < 1.29 is 26.3 Å². The minimum absolute atomic E-state index is 0.0665. The number of hydrogen-bond acceptors (Lipinski definition) is 5. The number of thioether (sulfide) groups is 1. The molecule has 3 rings (SSSR count). The molecule has 3 aromatic heterocycles. The second-order valence-corrected chi connectivity index (χ2v) is 7.38. The van der Waals surface area contributed by atoms with Crippen LogP contribution in [0.5, 0.6) is 0 Å². The molecule has 0 aliphatic heterocycles. The lowest BCUT2D eigenvalue weighted by atomic mass is 10.2. The normalized spacial score (nSPS) is 12.9. The van der Waals surface area contributed by atoms with E-state index >= 15 is 0 Å². The Morgan fingerprint density at radius 2 is 1.85 bits per heavy atom. The molecular weight excluding hydrogens is 402 g/mol. The van der Waals surface area contributed by atoms with Crippen LogP contribution in [-0.4, -0.2) is 25.5 Å². The maximum Gasteiger partial charge on any atom is 0.435 e. The molecule has 0 atom stereocenters. The summed E-state index contributed by atoms with van der Waals surface area (Å²) < 4.78 is 79.6. The second-order valence-electron chi connectivity index (χ2n) is 5.15. The summed E-state index contributed by atoms with van der Waals surface area (Å²) in [5, 5.41) is 3.72. The Balaban J connectivity index is 2.22. The van der Waals surface area contributed by atoms with Crippen molar-refractivity contribution in [2.45, 2.75) is 24.3 Å². The zero-order chi connectivity index (χ0) is 19.3. The van der Waals surface area contributed by atoms with Crippen molar-refractivity contribution in [3.05, 3.63) is 23.5 Å². The summed E-state index contributed by atoms with van der Waals surface area (Å²) in [5.41, 5.74) is -2.47. The maximum atomic E-state index is 13.4. The van der Waals surface area contributed by atoms with Gasteiger partial charge in [0.2, 0.25) is 0 Å². The highest BCUT2D eigenvalue weighted by Crippen LogP contribution is 2.44. The summed E-state index contributed by atoms with van der Waals surface area (Å²) in [6.07, 6.45) is -8.69. The standard InChI is InChI=1S/C14H10F6N4S2/c1-3-25-12-8(9(14(18,19)20)23-24(12)2)11-22-7-4-6(13(15,16)17)5-21-10(7)26-11/h4-5H,3H2,1-2H3. The van der Waals surface area contributed by atoms with Crippen molar-refractivity contribution in [3.8, 4) is 10.6 Å². The van der Waals surface area contributed by atoms with Crippen molar-refractivity contribution >= 4 is 33.4 Å². The van der Waals surface area contributed by atoms with Crippen molar-refractivity contribution in [2.75, 3.05) is 5.75 Å². The van der Waals surface area contributed by atoms with E-state index < -0.39 is 23.6 Å². The molecule has 140 valence electrons. The highest BCUT2D eigenvalue weighted by Gasteiger charge is 2.40. The number of halogens is 6. The van der Waals surface area contributed by atoms with E-state index in [-0.39, 0.29) is 25.9 Å². The number of aromatic nitrogens is 4. The first-order valence-corrected chi connectivity index (χ1v) is 8.93. The molecule has 0 saturated heterocycles. The molecule has 0 spiro atoms. The molecule has 0 fully saturated rings. The Hall–Kier alpha value is -1.82. The highest BCUT2D eigenvalue weighted by molar-refractivity contribution is 7.99. The number of nitrogens with zero attached hydrogens (tertiary/aromatic N) is 4. The summed E-state index contributed by atoms with van der Waals surface area (Å²) in [6.45, 7) is 1.77. The predicted molar refractivity (Wildman–Crippen MR) is 86.0 cm³/mol. The Morgan fingerprint density at radius 3 is 2.42 bits per heavy atom. The summed E-state index contributed by atoms with van der Waals surface area (Å²) in [4.78, 5) is 7.79. The van der Waals surface area contributed by atoms with E-state index in [0.29, 0.717) is 11.9 Å². The van der Waals surface area contributed by atoms with Gasteiger partial charge in [-0.1, -0.05) is 18.3 Å². The Morgan fingerprint density at radius 1 is 1.15 bits per heavy atom. The number of fused-ring (bicyclic) bond motifs is 1. The van der Waals surface area contributed by atoms with Gasteiger partial charge in [-0.05, 0) is 11.8 Å². The van der Waals surface area contributed by atoms with E-state index in [2.05, 4.69) is 15.1 Å². The van der Waals surface area contributed by atoms with Crippen molar-refractivity contribution in [3.63, 3.8) is 0 Å². The van der Waals surface area contributed by atoms with E-state index in [1.807, 2.05) is 0 Å². The molecule has 4 nitrogen and oxygen atoms in total. The molecule has 0 unspecified atom stereocenters. The molecule has 0 saturated carbocycles. The van der Waals surface area contributed by atoms with E-state index in [9.17, 15) is 26.3 Å². The van der Waals surface area contributed by atoms with Gasteiger partial charge in [0.25, 0.3) is 0 Å². The van der Waals surface area contributed by atoms with E-state index in [0.717, 1.165) is 33.8 Å². The zero-order valence-electron chi connectivity index (χ0n) is 13.2. The summed E-state index contributed by atoms with van der Waals surface area (Å²) in [6, 6.07) is 0.776. The van der Waals surface area contributed by atoms with Crippen LogP contribution in [0, 0.1) is 0 Å². The first-order chi connectivity index (χ1) is 12.0. The van der Waals surface area contributed by atoms with Gasteiger partial charge in [0.05, 0.1) is 11.1 Å². The smallest absolute Gasteiger partial charge is 0.261 e. The van der Waals surface area contributed by atoms with E-state index in [4.69, 9.17) is 0 Å². The first kappa shape index (κ1) is 19.0. The average Bonchev–Trinajstić information content (AvgIpc) is 3.07. The fourth-order valence-electron chi connectivity index (χ4n) is 2.29. The SMILES string of the molecule is CCSc1c(-c2nc3cc(C(F)(F)F)cnc3s2)c(C(F)(F)F)nn1C. The van der Waals surface area contributed by atoms with Gasteiger partial charge < -0.3 is 0 Å². The summed E-state index contributed by atoms with van der Waals surface area (Å²) >= 11 is 1.94. The van der Waals surface area contributed by atoms with Gasteiger partial charge in [0.15, 0.2) is 5.69 Å². The number of aryl methyl sites for hydroxylation is 1. The van der Waals surface area contributed by atoms with Gasteiger partial charge in [-0.15, -0.1) is 11.8 Å². The zero-order valence-corrected chi connectivity index (χ0v) is 14.9. The van der Waals surface area contributed by atoms with Crippen LogP contribution in [0.3, 0.4) is 0 Å². The molecule has 0 aliphatic carbocycles. The van der Waals surface area contributed by atoms with Crippen LogP contribution in [-0.2, 0) is 19.4 Å². The molecule has 0 aromatic carbocycles. The molecule has 0 N–H and O–H groups in total. The third kappa shape index (κ3) is 3.39. The van der Waals surface area contributed by atoms with Gasteiger partial charge in [0, 0.05) is 13.2 Å². The Labute approximate surface area is 151 Å². The molecule has 0 aliphatic rings. The lowest BCUT2D eigenvalue weighted by molar-refractivity contribution is -0.141. The van der Waals surface area contributed by atoms with Crippen molar-refractivity contribution in [2.24, 2.45) is 7.05 Å². The number of pyridine rings is 1. The fourth-order valence-corrected chi connectivity index (χ4v) is 4.13. The molecule has 26 heavy (non-hydrogen) atoms. The second kappa shape index (κ2) is 6.41. The third-order valence-electron chi connectivity index (χ3n) is 3.33. The molecule has 3 heterocycles.